The molecule has 1 aliphatic rings. The van der Waals surface area contributed by atoms with Crippen molar-refractivity contribution in [2.75, 3.05) is 13.6 Å². The van der Waals surface area contributed by atoms with Crippen LogP contribution in [-0.4, -0.2) is 22.0 Å². The zero-order valence-electron chi connectivity index (χ0n) is 12.9. The van der Waals surface area contributed by atoms with Gasteiger partial charge in [0, 0.05) is 12.6 Å². The van der Waals surface area contributed by atoms with Crippen LogP contribution in [0.25, 0.3) is 0 Å². The third kappa shape index (κ3) is 4.53. The van der Waals surface area contributed by atoms with Crippen LogP contribution < -0.4 is 10.0 Å². The Bertz CT molecular complexity index is 534. The lowest BCUT2D eigenvalue weighted by Crippen LogP contribution is -2.26. The second kappa shape index (κ2) is 7.38. The van der Waals surface area contributed by atoms with Crippen molar-refractivity contribution >= 4 is 10.0 Å². The summed E-state index contributed by atoms with van der Waals surface area (Å²) in [6.07, 6.45) is 6.04. The summed E-state index contributed by atoms with van der Waals surface area (Å²) in [5.74, 6) is 0.701. The monoisotopic (exact) mass is 310 g/mol. The zero-order chi connectivity index (χ0) is 15.3. The highest BCUT2D eigenvalue weighted by molar-refractivity contribution is 7.89. The summed E-state index contributed by atoms with van der Waals surface area (Å²) in [4.78, 5) is 0.348. The van der Waals surface area contributed by atoms with Crippen LogP contribution in [0, 0.1) is 5.92 Å². The summed E-state index contributed by atoms with van der Waals surface area (Å²) in [7, 11) is -1.48. The van der Waals surface area contributed by atoms with E-state index in [1.807, 2.05) is 26.1 Å². The summed E-state index contributed by atoms with van der Waals surface area (Å²) in [6.45, 7) is 2.59. The van der Waals surface area contributed by atoms with E-state index in [9.17, 15) is 8.42 Å². The van der Waals surface area contributed by atoms with Crippen LogP contribution in [-0.2, 0) is 10.0 Å². The molecule has 1 aromatic carbocycles. The lowest BCUT2D eigenvalue weighted by Gasteiger charge is -2.13. The van der Waals surface area contributed by atoms with Crippen molar-refractivity contribution in [1.82, 2.24) is 10.0 Å². The standard InChI is InChI=1S/C16H26N2O2S/c1-13(17-2)15-7-9-16(10-8-15)21(19,20)18-12-11-14-5-3-4-6-14/h7-10,13-14,17-18H,3-6,11-12H2,1-2H3. The Labute approximate surface area is 128 Å². The van der Waals surface area contributed by atoms with Crippen molar-refractivity contribution in [1.29, 1.82) is 0 Å². The number of rotatable bonds is 7. The second-order valence-electron chi connectivity index (χ2n) is 5.92. The minimum absolute atomic E-state index is 0.220. The Morgan fingerprint density at radius 1 is 1.19 bits per heavy atom. The van der Waals surface area contributed by atoms with Gasteiger partial charge in [0.05, 0.1) is 4.90 Å². The molecule has 2 N–H and O–H groups in total. The third-order valence-corrected chi connectivity index (χ3v) is 5.92. The molecule has 0 radical (unpaired) electrons. The lowest BCUT2D eigenvalue weighted by atomic mass is 10.1. The van der Waals surface area contributed by atoms with Crippen LogP contribution in [0.3, 0.4) is 0 Å². The molecule has 118 valence electrons. The van der Waals surface area contributed by atoms with Gasteiger partial charge in [-0.2, -0.15) is 0 Å². The smallest absolute Gasteiger partial charge is 0.240 e. The zero-order valence-corrected chi connectivity index (χ0v) is 13.7. The topological polar surface area (TPSA) is 58.2 Å². The van der Waals surface area contributed by atoms with Crippen LogP contribution in [0.4, 0.5) is 0 Å². The average molecular weight is 310 g/mol. The second-order valence-corrected chi connectivity index (χ2v) is 7.68. The van der Waals surface area contributed by atoms with Crippen molar-refractivity contribution < 1.29 is 8.42 Å². The van der Waals surface area contributed by atoms with E-state index in [4.69, 9.17) is 0 Å². The van der Waals surface area contributed by atoms with E-state index in [-0.39, 0.29) is 6.04 Å². The first-order valence-corrected chi connectivity index (χ1v) is 9.28. The van der Waals surface area contributed by atoms with Gasteiger partial charge in [0.2, 0.25) is 10.0 Å². The number of sulfonamides is 1. The summed E-state index contributed by atoms with van der Waals surface area (Å²) in [5, 5.41) is 3.14. The molecule has 0 aliphatic heterocycles. The molecule has 0 heterocycles. The molecule has 1 saturated carbocycles. The highest BCUT2D eigenvalue weighted by atomic mass is 32.2. The molecule has 5 heteroatoms. The van der Waals surface area contributed by atoms with E-state index in [1.54, 1.807) is 12.1 Å². The highest BCUT2D eigenvalue weighted by Gasteiger charge is 2.17. The van der Waals surface area contributed by atoms with Gasteiger partial charge in [0.15, 0.2) is 0 Å². The summed E-state index contributed by atoms with van der Waals surface area (Å²) < 4.78 is 27.2. The van der Waals surface area contributed by atoms with Gasteiger partial charge in [0.25, 0.3) is 0 Å². The molecule has 1 fully saturated rings. The Morgan fingerprint density at radius 2 is 1.81 bits per heavy atom. The largest absolute Gasteiger partial charge is 0.313 e. The van der Waals surface area contributed by atoms with E-state index >= 15 is 0 Å². The minimum Gasteiger partial charge on any atom is -0.313 e. The molecular weight excluding hydrogens is 284 g/mol. The Hall–Kier alpha value is -0.910. The predicted molar refractivity (Wildman–Crippen MR) is 85.7 cm³/mol. The number of hydrogen-bond donors (Lipinski definition) is 2. The van der Waals surface area contributed by atoms with Gasteiger partial charge in [-0.3, -0.25) is 0 Å². The molecule has 0 spiro atoms. The van der Waals surface area contributed by atoms with Crippen molar-refractivity contribution in [3.05, 3.63) is 29.8 Å². The number of hydrogen-bond acceptors (Lipinski definition) is 3. The molecule has 0 amide bonds. The Balaban J connectivity index is 1.92. The first-order chi connectivity index (χ1) is 10.0. The molecular formula is C16H26N2O2S. The summed E-state index contributed by atoms with van der Waals surface area (Å²) in [5.41, 5.74) is 1.09. The van der Waals surface area contributed by atoms with Crippen LogP contribution in [0.1, 0.15) is 50.6 Å². The van der Waals surface area contributed by atoms with Crippen molar-refractivity contribution in [3.63, 3.8) is 0 Å². The maximum Gasteiger partial charge on any atom is 0.240 e. The molecule has 1 atom stereocenters. The van der Waals surface area contributed by atoms with Gasteiger partial charge < -0.3 is 5.32 Å². The Kier molecular flexibility index (Phi) is 5.79. The van der Waals surface area contributed by atoms with Gasteiger partial charge >= 0.3 is 0 Å². The van der Waals surface area contributed by atoms with E-state index in [0.717, 1.165) is 12.0 Å². The molecule has 0 bridgehead atoms. The molecule has 1 unspecified atom stereocenters. The SMILES string of the molecule is CNC(C)c1ccc(S(=O)(=O)NCCC2CCCC2)cc1. The quantitative estimate of drug-likeness (QED) is 0.814. The minimum atomic E-state index is -3.37. The van der Waals surface area contributed by atoms with E-state index in [0.29, 0.717) is 17.4 Å². The number of benzene rings is 1. The maximum atomic E-state index is 12.2. The molecule has 1 aromatic rings. The normalized spacial score (nSPS) is 18.0. The summed E-state index contributed by atoms with van der Waals surface area (Å²) >= 11 is 0. The highest BCUT2D eigenvalue weighted by Crippen LogP contribution is 2.27. The van der Waals surface area contributed by atoms with Gasteiger partial charge in [-0.15, -0.1) is 0 Å². The fourth-order valence-electron chi connectivity index (χ4n) is 2.88. The molecule has 0 aromatic heterocycles. The van der Waals surface area contributed by atoms with Gasteiger partial charge in [-0.25, -0.2) is 13.1 Å². The number of nitrogens with one attached hydrogen (secondary N) is 2. The maximum absolute atomic E-state index is 12.2. The Morgan fingerprint density at radius 3 is 2.38 bits per heavy atom. The van der Waals surface area contributed by atoms with Crippen LogP contribution in [0.15, 0.2) is 29.2 Å². The van der Waals surface area contributed by atoms with Crippen molar-refractivity contribution in [3.8, 4) is 0 Å². The molecule has 21 heavy (non-hydrogen) atoms. The fourth-order valence-corrected chi connectivity index (χ4v) is 3.93. The molecule has 0 saturated heterocycles. The molecule has 2 rings (SSSR count). The van der Waals surface area contributed by atoms with Crippen molar-refractivity contribution in [2.24, 2.45) is 5.92 Å². The van der Waals surface area contributed by atoms with Gasteiger partial charge in [0.1, 0.15) is 0 Å². The van der Waals surface area contributed by atoms with Crippen molar-refractivity contribution in [2.45, 2.75) is 50.0 Å². The van der Waals surface area contributed by atoms with Crippen LogP contribution in [0.5, 0.6) is 0 Å². The van der Waals surface area contributed by atoms with Crippen LogP contribution in [0.2, 0.25) is 0 Å². The van der Waals surface area contributed by atoms with E-state index in [1.165, 1.54) is 25.7 Å². The van der Waals surface area contributed by atoms with Gasteiger partial charge in [-0.05, 0) is 44.0 Å². The van der Waals surface area contributed by atoms with E-state index < -0.39 is 10.0 Å². The fraction of sp³-hybridized carbons (Fsp3) is 0.625. The van der Waals surface area contributed by atoms with E-state index in [2.05, 4.69) is 10.0 Å². The summed E-state index contributed by atoms with van der Waals surface area (Å²) in [6, 6.07) is 7.32. The average Bonchev–Trinajstić information content (AvgIpc) is 2.99. The first kappa shape index (κ1) is 16.5. The van der Waals surface area contributed by atoms with Crippen LogP contribution >= 0.6 is 0 Å². The first-order valence-electron chi connectivity index (χ1n) is 7.80. The molecule has 4 nitrogen and oxygen atoms in total. The predicted octanol–water partition coefficient (Wildman–Crippen LogP) is 2.83. The lowest BCUT2D eigenvalue weighted by molar-refractivity contribution is 0.495. The third-order valence-electron chi connectivity index (χ3n) is 4.44. The van der Waals surface area contributed by atoms with Gasteiger partial charge in [-0.1, -0.05) is 37.8 Å². The molecule has 1 aliphatic carbocycles.